The number of hydrogen-bond acceptors (Lipinski definition) is 3. The largest absolute Gasteiger partial charge is 0.481 e. The quantitative estimate of drug-likeness (QED) is 0.876. The molecule has 1 aromatic carbocycles. The molecule has 6 nitrogen and oxygen atoms in total. The Morgan fingerprint density at radius 1 is 1.12 bits per heavy atom. The average Bonchev–Trinajstić information content (AvgIpc) is 2.60. The number of likely N-dealkylation sites (N-methyl/N-ethyl adjacent to an activating group) is 1. The number of carbonyl (C=O) groups excluding carboxylic acids is 2. The maximum atomic E-state index is 12.6. The third-order valence-corrected chi connectivity index (χ3v) is 5.58. The van der Waals surface area contributed by atoms with E-state index in [2.05, 4.69) is 0 Å². The normalized spacial score (nSPS) is 20.3. The molecule has 1 aromatic rings. The highest BCUT2D eigenvalue weighted by atomic mass is 16.4. The van der Waals surface area contributed by atoms with Crippen LogP contribution >= 0.6 is 0 Å². The van der Waals surface area contributed by atoms with Crippen LogP contribution in [-0.2, 0) is 9.59 Å². The van der Waals surface area contributed by atoms with Gasteiger partial charge in [0.05, 0.1) is 12.5 Å². The van der Waals surface area contributed by atoms with Crippen molar-refractivity contribution in [1.29, 1.82) is 0 Å². The molecule has 1 saturated heterocycles. The van der Waals surface area contributed by atoms with Crippen LogP contribution in [0.25, 0.3) is 0 Å². The molecule has 140 valence electrons. The van der Waals surface area contributed by atoms with Gasteiger partial charge in [-0.15, -0.1) is 0 Å². The third-order valence-electron chi connectivity index (χ3n) is 5.58. The number of hydrogen-bond donors (Lipinski definition) is 1. The van der Waals surface area contributed by atoms with Crippen LogP contribution in [0.5, 0.6) is 0 Å². The van der Waals surface area contributed by atoms with E-state index in [0.717, 1.165) is 0 Å². The Kier molecular flexibility index (Phi) is 5.59. The van der Waals surface area contributed by atoms with Crippen LogP contribution in [0, 0.1) is 5.92 Å². The zero-order valence-corrected chi connectivity index (χ0v) is 15.2. The number of aliphatic carboxylic acids is 1. The van der Waals surface area contributed by atoms with Crippen molar-refractivity contribution < 1.29 is 19.5 Å². The Hall–Kier alpha value is -2.37. The highest BCUT2D eigenvalue weighted by Gasteiger charge is 2.29. The summed E-state index contributed by atoms with van der Waals surface area (Å²) in [5.74, 6) is -1.13. The van der Waals surface area contributed by atoms with E-state index in [1.807, 2.05) is 24.3 Å². The molecule has 1 N–H and O–H groups in total. The van der Waals surface area contributed by atoms with Gasteiger partial charge in [0.25, 0.3) is 5.91 Å². The number of piperidine rings is 1. The number of carbonyl (C=O) groups is 3. The lowest BCUT2D eigenvalue weighted by Crippen LogP contribution is -2.46. The Morgan fingerprint density at radius 3 is 2.38 bits per heavy atom. The monoisotopic (exact) mass is 358 g/mol. The zero-order valence-electron chi connectivity index (χ0n) is 15.2. The molecule has 0 radical (unpaired) electrons. The fourth-order valence-electron chi connectivity index (χ4n) is 3.64. The Bertz CT molecular complexity index is 682. The minimum absolute atomic E-state index is 0.0322. The van der Waals surface area contributed by atoms with E-state index in [1.54, 1.807) is 11.9 Å². The summed E-state index contributed by atoms with van der Waals surface area (Å²) >= 11 is 0. The van der Waals surface area contributed by atoms with Gasteiger partial charge in [-0.05, 0) is 49.3 Å². The summed E-state index contributed by atoms with van der Waals surface area (Å²) in [7, 11) is 1.61. The highest BCUT2D eigenvalue weighted by molar-refractivity contribution is 5.96. The maximum Gasteiger partial charge on any atom is 0.308 e. The number of nitrogens with zero attached hydrogens (tertiary/aromatic N) is 2. The number of carboxylic acid groups (broad SMARTS) is 1. The third kappa shape index (κ3) is 4.06. The SMILES string of the molecule is CN(CC(=O)N1CCCC(C(=O)O)C1)C(=O)c1ccc(C2CCC2)cc1. The predicted molar refractivity (Wildman–Crippen MR) is 96.9 cm³/mol. The molecule has 1 aliphatic carbocycles. The number of likely N-dealkylation sites (tertiary alicyclic amines) is 1. The van der Waals surface area contributed by atoms with Crippen molar-refractivity contribution in [3.63, 3.8) is 0 Å². The van der Waals surface area contributed by atoms with Gasteiger partial charge >= 0.3 is 5.97 Å². The van der Waals surface area contributed by atoms with Crippen LogP contribution in [-0.4, -0.2) is 59.4 Å². The first kappa shape index (κ1) is 18.4. The topological polar surface area (TPSA) is 77.9 Å². The molecule has 1 saturated carbocycles. The first-order chi connectivity index (χ1) is 12.5. The number of rotatable bonds is 5. The van der Waals surface area contributed by atoms with E-state index in [9.17, 15) is 14.4 Å². The molecule has 2 amide bonds. The van der Waals surface area contributed by atoms with Gasteiger partial charge in [0.2, 0.25) is 5.91 Å². The molecule has 1 unspecified atom stereocenters. The second-order valence-electron chi connectivity index (χ2n) is 7.43. The Labute approximate surface area is 153 Å². The summed E-state index contributed by atoms with van der Waals surface area (Å²) < 4.78 is 0. The lowest BCUT2D eigenvalue weighted by molar-refractivity contribution is -0.145. The molecule has 2 fully saturated rings. The van der Waals surface area contributed by atoms with Crippen molar-refractivity contribution in [2.24, 2.45) is 5.92 Å². The molecule has 3 rings (SSSR count). The molecule has 26 heavy (non-hydrogen) atoms. The van der Waals surface area contributed by atoms with Gasteiger partial charge in [0, 0.05) is 25.7 Å². The molecule has 0 aromatic heterocycles. The summed E-state index contributed by atoms with van der Waals surface area (Å²) in [5.41, 5.74) is 1.85. The van der Waals surface area contributed by atoms with Crippen LogP contribution in [0.1, 0.15) is 53.9 Å². The zero-order chi connectivity index (χ0) is 18.7. The van der Waals surface area contributed by atoms with Gasteiger partial charge in [-0.2, -0.15) is 0 Å². The molecule has 6 heteroatoms. The van der Waals surface area contributed by atoms with E-state index >= 15 is 0 Å². The van der Waals surface area contributed by atoms with Gasteiger partial charge in [-0.3, -0.25) is 14.4 Å². The summed E-state index contributed by atoms with van der Waals surface area (Å²) in [4.78, 5) is 39.1. The van der Waals surface area contributed by atoms with E-state index < -0.39 is 11.9 Å². The summed E-state index contributed by atoms with van der Waals surface area (Å²) in [6.07, 6.45) is 4.99. The fourth-order valence-corrected chi connectivity index (χ4v) is 3.64. The van der Waals surface area contributed by atoms with Crippen molar-refractivity contribution in [1.82, 2.24) is 9.80 Å². The maximum absolute atomic E-state index is 12.6. The van der Waals surface area contributed by atoms with Gasteiger partial charge in [0.1, 0.15) is 0 Å². The van der Waals surface area contributed by atoms with Gasteiger partial charge in [0.15, 0.2) is 0 Å². The Balaban J connectivity index is 1.56. The van der Waals surface area contributed by atoms with E-state index in [4.69, 9.17) is 5.11 Å². The van der Waals surface area contributed by atoms with Crippen molar-refractivity contribution in [3.8, 4) is 0 Å². The summed E-state index contributed by atoms with van der Waals surface area (Å²) in [6.45, 7) is 0.753. The van der Waals surface area contributed by atoms with E-state index in [1.165, 1.54) is 29.7 Å². The van der Waals surface area contributed by atoms with Crippen LogP contribution < -0.4 is 0 Å². The summed E-state index contributed by atoms with van der Waals surface area (Å²) in [5, 5.41) is 9.14. The molecular formula is C20H26N2O4. The number of benzene rings is 1. The predicted octanol–water partition coefficient (Wildman–Crippen LogP) is 2.35. The number of carboxylic acids is 1. The molecule has 1 aliphatic heterocycles. The minimum atomic E-state index is -0.863. The second kappa shape index (κ2) is 7.89. The Morgan fingerprint density at radius 2 is 1.81 bits per heavy atom. The minimum Gasteiger partial charge on any atom is -0.481 e. The van der Waals surface area contributed by atoms with Crippen LogP contribution in [0.4, 0.5) is 0 Å². The molecule has 0 spiro atoms. The van der Waals surface area contributed by atoms with Crippen molar-refractivity contribution >= 4 is 17.8 Å². The molecular weight excluding hydrogens is 332 g/mol. The fraction of sp³-hybridized carbons (Fsp3) is 0.550. The summed E-state index contributed by atoms with van der Waals surface area (Å²) in [6, 6.07) is 7.68. The van der Waals surface area contributed by atoms with Crippen molar-refractivity contribution in [2.75, 3.05) is 26.7 Å². The van der Waals surface area contributed by atoms with E-state index in [0.29, 0.717) is 30.9 Å². The molecule has 2 aliphatic rings. The number of amides is 2. The van der Waals surface area contributed by atoms with Gasteiger partial charge < -0.3 is 14.9 Å². The van der Waals surface area contributed by atoms with E-state index in [-0.39, 0.29) is 24.9 Å². The average molecular weight is 358 g/mol. The van der Waals surface area contributed by atoms with Crippen molar-refractivity contribution in [2.45, 2.75) is 38.0 Å². The van der Waals surface area contributed by atoms with Gasteiger partial charge in [-0.1, -0.05) is 18.6 Å². The molecule has 1 heterocycles. The molecule has 1 atom stereocenters. The highest BCUT2D eigenvalue weighted by Crippen LogP contribution is 2.36. The van der Waals surface area contributed by atoms with Crippen LogP contribution in [0.15, 0.2) is 24.3 Å². The first-order valence-corrected chi connectivity index (χ1v) is 9.31. The lowest BCUT2D eigenvalue weighted by atomic mass is 9.80. The van der Waals surface area contributed by atoms with Crippen molar-refractivity contribution in [3.05, 3.63) is 35.4 Å². The van der Waals surface area contributed by atoms with Crippen LogP contribution in [0.2, 0.25) is 0 Å². The van der Waals surface area contributed by atoms with Crippen LogP contribution in [0.3, 0.4) is 0 Å². The van der Waals surface area contributed by atoms with Gasteiger partial charge in [-0.25, -0.2) is 0 Å². The first-order valence-electron chi connectivity index (χ1n) is 9.31. The smallest absolute Gasteiger partial charge is 0.308 e. The lowest BCUT2D eigenvalue weighted by Gasteiger charge is -2.32. The second-order valence-corrected chi connectivity index (χ2v) is 7.43. The molecule has 0 bridgehead atoms. The standard InChI is InChI=1S/C20H26N2O4/c1-21(13-18(23)22-11-3-6-17(12-22)20(25)26)19(24)16-9-7-15(8-10-16)14-4-2-5-14/h7-10,14,17H,2-6,11-13H2,1H3,(H,25,26).